The van der Waals surface area contributed by atoms with E-state index in [2.05, 4.69) is 74.5 Å². The van der Waals surface area contributed by atoms with Gasteiger partial charge in [0.15, 0.2) is 5.82 Å². The number of rotatable bonds is 21. The van der Waals surface area contributed by atoms with E-state index in [1.807, 2.05) is 6.92 Å². The number of amides is 3. The molecule has 3 N–H and O–H groups in total. The number of ether oxygens (including phenoxy) is 4. The van der Waals surface area contributed by atoms with Crippen LogP contribution in [0.5, 0.6) is 11.5 Å². The molecule has 4 aromatic rings. The summed E-state index contributed by atoms with van der Waals surface area (Å²) in [5, 5.41) is 19.0. The van der Waals surface area contributed by atoms with Crippen molar-refractivity contribution in [2.24, 2.45) is 10.8 Å². The molecule has 1 atom stereocenters. The van der Waals surface area contributed by atoms with Gasteiger partial charge < -0.3 is 49.6 Å². The van der Waals surface area contributed by atoms with E-state index in [4.69, 9.17) is 35.5 Å². The van der Waals surface area contributed by atoms with Crippen LogP contribution in [0.2, 0.25) is 5.02 Å². The number of hydrogen-bond acceptors (Lipinski definition) is 15. The highest BCUT2D eigenvalue weighted by Gasteiger charge is 2.64. The fraction of sp³-hybridized carbons (Fsp3) is 0.556. The predicted molar refractivity (Wildman–Crippen MR) is 280 cm³/mol. The summed E-state index contributed by atoms with van der Waals surface area (Å²) in [7, 11) is 3.34. The van der Waals surface area contributed by atoms with Crippen molar-refractivity contribution >= 4 is 58.4 Å². The summed E-state index contributed by atoms with van der Waals surface area (Å²) < 4.78 is 24.1. The summed E-state index contributed by atoms with van der Waals surface area (Å²) in [6.07, 6.45) is 14.0. The van der Waals surface area contributed by atoms with Gasteiger partial charge in [-0.25, -0.2) is 15.0 Å². The molecule has 1 unspecified atom stereocenters. The Labute approximate surface area is 433 Å². The zero-order chi connectivity index (χ0) is 51.9. The van der Waals surface area contributed by atoms with Crippen LogP contribution in [-0.4, -0.2) is 122 Å². The summed E-state index contributed by atoms with van der Waals surface area (Å²) in [6.45, 7) is 14.1. The molecule has 0 radical (unpaired) electrons. The maximum atomic E-state index is 13.4. The molecule has 4 aliphatic rings. The number of hydrogen-bond donors (Lipinski definition) is 3. The van der Waals surface area contributed by atoms with Crippen molar-refractivity contribution in [3.8, 4) is 17.6 Å². The topological polar surface area (TPSA) is 209 Å². The van der Waals surface area contributed by atoms with Gasteiger partial charge in [-0.15, -0.1) is 0 Å². The van der Waals surface area contributed by atoms with Crippen molar-refractivity contribution in [2.45, 2.75) is 129 Å². The number of aromatic nitrogens is 4. The van der Waals surface area contributed by atoms with Crippen molar-refractivity contribution in [2.75, 3.05) is 73.6 Å². The first-order valence-corrected chi connectivity index (χ1v) is 26.1. The third-order valence-electron chi connectivity index (χ3n) is 15.0. The predicted octanol–water partition coefficient (Wildman–Crippen LogP) is 8.26. The summed E-state index contributed by atoms with van der Waals surface area (Å²) >= 11 is 6.25. The van der Waals surface area contributed by atoms with Crippen LogP contribution in [0.15, 0.2) is 55.0 Å². The zero-order valence-corrected chi connectivity index (χ0v) is 44.0. The van der Waals surface area contributed by atoms with Crippen LogP contribution in [0, 0.1) is 22.2 Å². The maximum Gasteiger partial charge on any atom is 0.254 e. The smallest absolute Gasteiger partial charge is 0.254 e. The molecule has 2 aliphatic carbocycles. The first-order valence-electron chi connectivity index (χ1n) is 25.7. The number of halogens is 1. The summed E-state index contributed by atoms with van der Waals surface area (Å²) in [5.41, 5.74) is 1.79. The van der Waals surface area contributed by atoms with E-state index >= 15 is 0 Å². The van der Waals surface area contributed by atoms with Gasteiger partial charge in [0.2, 0.25) is 17.8 Å². The molecule has 2 aliphatic heterocycles. The van der Waals surface area contributed by atoms with E-state index < -0.39 is 0 Å². The second-order valence-electron chi connectivity index (χ2n) is 20.7. The number of unbranched alkanes of at least 4 members (excludes halogenated alkanes) is 1. The number of likely N-dealkylation sites (N-methyl/N-ethyl adjacent to an activating group) is 1. The van der Waals surface area contributed by atoms with Gasteiger partial charge in [0.05, 0.1) is 41.2 Å². The molecule has 0 spiro atoms. The van der Waals surface area contributed by atoms with Crippen LogP contribution < -0.4 is 40.1 Å². The number of fused-ring (bicyclic) bond motifs is 1. The van der Waals surface area contributed by atoms with Gasteiger partial charge in [0, 0.05) is 93.4 Å². The molecule has 3 fully saturated rings. The lowest BCUT2D eigenvalue weighted by Crippen LogP contribution is -2.74. The van der Waals surface area contributed by atoms with E-state index in [1.54, 1.807) is 74.0 Å². The monoisotopic (exact) mass is 1020 g/mol. The van der Waals surface area contributed by atoms with Gasteiger partial charge in [-0.05, 0) is 81.7 Å². The Kier molecular flexibility index (Phi) is 16.9. The molecule has 18 nitrogen and oxygen atoms in total. The minimum absolute atomic E-state index is 0.0661. The van der Waals surface area contributed by atoms with Crippen LogP contribution in [0.25, 0.3) is 0 Å². The number of nitrogens with zero attached hydrogens (tertiary/aromatic N) is 8. The molecule has 1 saturated heterocycles. The number of methoxy groups -OCH3 is 1. The molecule has 4 heterocycles. The maximum absolute atomic E-state index is 13.4. The lowest BCUT2D eigenvalue weighted by Gasteiger charge is -2.63. The Morgan fingerprint density at radius 2 is 1.60 bits per heavy atom. The molecule has 390 valence electrons. The summed E-state index contributed by atoms with van der Waals surface area (Å²) in [6, 6.07) is 12.2. The molecular weight excluding hydrogens is 950 g/mol. The summed E-state index contributed by atoms with van der Waals surface area (Å²) in [5.74, 6) is 2.42. The Morgan fingerprint density at radius 3 is 2.29 bits per heavy atom. The van der Waals surface area contributed by atoms with E-state index in [1.165, 1.54) is 0 Å². The van der Waals surface area contributed by atoms with Crippen molar-refractivity contribution in [1.82, 2.24) is 30.6 Å². The third-order valence-corrected chi connectivity index (χ3v) is 15.3. The Hall–Kier alpha value is -6.29. The lowest BCUT2D eigenvalue weighted by atomic mass is 9.49. The van der Waals surface area contributed by atoms with Crippen LogP contribution in [0.3, 0.4) is 0 Å². The SMILES string of the molecule is CCC1C(=O)N(C)c2cnc(Nc3ccc(C(=O)NCCCOCCCCOC4CCN(c5ncc(C(=O)NC6C(C)(C)C(Oc7ccc(C#N)c(Cl)c7)C6(C)C)cn5)CC4)cc3OC)nc2N1C1CCCC1. The minimum atomic E-state index is -0.390. The molecule has 2 saturated carbocycles. The van der Waals surface area contributed by atoms with Crippen molar-refractivity contribution in [1.29, 1.82) is 5.26 Å². The molecular formula is C54H70ClN11O7. The molecule has 19 heteroatoms. The normalized spacial score (nSPS) is 20.5. The van der Waals surface area contributed by atoms with E-state index in [9.17, 15) is 19.6 Å². The molecule has 0 bridgehead atoms. The molecule has 8 rings (SSSR count). The third kappa shape index (κ3) is 11.7. The zero-order valence-electron chi connectivity index (χ0n) is 43.2. The van der Waals surface area contributed by atoms with Crippen molar-refractivity contribution in [3.63, 3.8) is 0 Å². The fourth-order valence-electron chi connectivity index (χ4n) is 11.3. The van der Waals surface area contributed by atoms with E-state index in [0.29, 0.717) is 95.7 Å². The number of nitrogens with one attached hydrogen (secondary N) is 3. The Bertz CT molecular complexity index is 2620. The number of piperidine rings is 1. The Morgan fingerprint density at radius 1 is 0.890 bits per heavy atom. The number of nitriles is 1. The summed E-state index contributed by atoms with van der Waals surface area (Å²) in [4.78, 5) is 64.4. The molecule has 73 heavy (non-hydrogen) atoms. The largest absolute Gasteiger partial charge is 0.495 e. The van der Waals surface area contributed by atoms with Gasteiger partial charge >= 0.3 is 0 Å². The van der Waals surface area contributed by atoms with Gasteiger partial charge in [-0.3, -0.25) is 14.4 Å². The van der Waals surface area contributed by atoms with Gasteiger partial charge in [-0.1, -0.05) is 59.1 Å². The highest BCUT2D eigenvalue weighted by molar-refractivity contribution is 6.31. The average molecular weight is 1020 g/mol. The highest BCUT2D eigenvalue weighted by Crippen LogP contribution is 2.55. The minimum Gasteiger partial charge on any atom is -0.495 e. The first-order chi connectivity index (χ1) is 35.1. The number of carbonyl (C=O) groups excluding carboxylic acids is 3. The van der Waals surface area contributed by atoms with E-state index in [0.717, 1.165) is 70.3 Å². The number of benzene rings is 2. The van der Waals surface area contributed by atoms with E-state index in [-0.39, 0.29) is 58.9 Å². The molecule has 2 aromatic carbocycles. The first kappa shape index (κ1) is 53.0. The van der Waals surface area contributed by atoms with Crippen LogP contribution in [-0.2, 0) is 14.3 Å². The van der Waals surface area contributed by atoms with Gasteiger partial charge in [0.25, 0.3) is 11.8 Å². The van der Waals surface area contributed by atoms with Crippen molar-refractivity contribution < 1.29 is 33.3 Å². The average Bonchev–Trinajstić information content (AvgIpc) is 3.93. The second-order valence-corrected chi connectivity index (χ2v) is 21.1. The molecule has 2 aromatic heterocycles. The van der Waals surface area contributed by atoms with Gasteiger partial charge in [0.1, 0.15) is 35.4 Å². The number of carbonyl (C=O) groups is 3. The number of anilines is 5. The quantitative estimate of drug-likeness (QED) is 0.0671. The van der Waals surface area contributed by atoms with Crippen molar-refractivity contribution in [3.05, 3.63) is 76.7 Å². The fourth-order valence-corrected chi connectivity index (χ4v) is 11.5. The second kappa shape index (κ2) is 23.3. The lowest BCUT2D eigenvalue weighted by molar-refractivity contribution is -0.164. The standard InChI is InChI=1S/C54H70ClN11O7/c1-8-42-48(69)64(6)43-33-58-51(62-45(43)66(42)37-14-9-10-15-37)61-41-19-17-34(28-44(41)70-7)46(67)57-22-13-26-71-25-11-12-27-72-38-20-23-65(24-21-38)52-59-31-36(32-60-52)47(68)63-49-53(2,3)50(54(49,4)5)73-39-18-16-35(30-56)40(55)29-39/h16-19,28-29,31-33,37-38,42,49-50H,8-15,20-27H2,1-7H3,(H,57,67)(H,63,68)(H,58,61,62). The molecule has 3 amide bonds. The van der Waals surface area contributed by atoms with Crippen LogP contribution in [0.1, 0.15) is 125 Å². The Balaban J connectivity index is 0.688. The van der Waals surface area contributed by atoms with Gasteiger partial charge in [-0.2, -0.15) is 10.2 Å². The van der Waals surface area contributed by atoms with Crippen LogP contribution >= 0.6 is 11.6 Å². The van der Waals surface area contributed by atoms with Crippen LogP contribution in [0.4, 0.5) is 29.1 Å². The highest BCUT2D eigenvalue weighted by atomic mass is 35.5.